The van der Waals surface area contributed by atoms with Crippen LogP contribution in [0, 0.1) is 11.2 Å². The monoisotopic (exact) mass is 507 g/mol. The minimum absolute atomic E-state index is 0.0165. The van der Waals surface area contributed by atoms with Gasteiger partial charge in [-0.3, -0.25) is 9.59 Å². The highest BCUT2D eigenvalue weighted by atomic mass is 35.5. The molecular weight excluding hydrogens is 477 g/mol. The number of rotatable bonds is 10. The standard InChI is InChI=1S/C25H31ClFN3O5/c1-25(2,14-31)9-5-10-28-22(32)20-16-8-11-30(13-15-6-7-18(27)17(26)12-15)24(33)19(16)21(34-3)23(29-20)35-4/h6-7,12,31H,5,8-11,13-14H2,1-4H3,(H,28,32). The van der Waals surface area contributed by atoms with E-state index in [0.717, 1.165) is 6.42 Å². The lowest BCUT2D eigenvalue weighted by molar-refractivity contribution is 0.0720. The van der Waals surface area contributed by atoms with Gasteiger partial charge in [0.15, 0.2) is 5.75 Å². The van der Waals surface area contributed by atoms with Gasteiger partial charge < -0.3 is 24.8 Å². The highest BCUT2D eigenvalue weighted by molar-refractivity contribution is 6.30. The van der Waals surface area contributed by atoms with Crippen LogP contribution in [0.1, 0.15) is 58.7 Å². The van der Waals surface area contributed by atoms with Crippen LogP contribution in [-0.4, -0.2) is 60.7 Å². The number of amides is 2. The summed E-state index contributed by atoms with van der Waals surface area (Å²) in [5.41, 5.74) is 1.30. The summed E-state index contributed by atoms with van der Waals surface area (Å²) >= 11 is 5.90. The number of halogens is 2. The SMILES string of the molecule is COc1nc(C(=O)NCCCC(C)(C)CO)c2c(c1OC)C(=O)N(Cc1ccc(F)c(Cl)c1)CC2. The maximum atomic E-state index is 13.5. The summed E-state index contributed by atoms with van der Waals surface area (Å²) in [5, 5.41) is 12.2. The highest BCUT2D eigenvalue weighted by Crippen LogP contribution is 2.37. The molecule has 0 radical (unpaired) electrons. The fourth-order valence-corrected chi connectivity index (χ4v) is 4.22. The molecule has 1 aromatic heterocycles. The second-order valence-electron chi connectivity index (χ2n) is 9.26. The summed E-state index contributed by atoms with van der Waals surface area (Å²) in [6.07, 6.45) is 1.80. The molecule has 0 fully saturated rings. The van der Waals surface area contributed by atoms with Crippen molar-refractivity contribution in [2.24, 2.45) is 5.41 Å². The van der Waals surface area contributed by atoms with E-state index in [1.54, 1.807) is 11.0 Å². The number of aromatic nitrogens is 1. The Bertz CT molecular complexity index is 1110. The number of carbonyl (C=O) groups excluding carboxylic acids is 2. The molecule has 190 valence electrons. The second kappa shape index (κ2) is 11.2. The molecule has 0 bridgehead atoms. The van der Waals surface area contributed by atoms with E-state index < -0.39 is 11.7 Å². The quantitative estimate of drug-likeness (QED) is 0.476. The van der Waals surface area contributed by atoms with Crippen LogP contribution in [0.3, 0.4) is 0 Å². The van der Waals surface area contributed by atoms with Gasteiger partial charge in [0.05, 0.1) is 24.8 Å². The van der Waals surface area contributed by atoms with Gasteiger partial charge >= 0.3 is 0 Å². The summed E-state index contributed by atoms with van der Waals surface area (Å²) in [6, 6.07) is 4.32. The molecular formula is C25H31ClFN3O5. The van der Waals surface area contributed by atoms with Gasteiger partial charge in [0.25, 0.3) is 17.7 Å². The van der Waals surface area contributed by atoms with E-state index in [-0.39, 0.29) is 52.4 Å². The van der Waals surface area contributed by atoms with Crippen LogP contribution in [-0.2, 0) is 13.0 Å². The molecule has 1 aromatic carbocycles. The number of methoxy groups -OCH3 is 2. The van der Waals surface area contributed by atoms with Gasteiger partial charge in [-0.25, -0.2) is 9.37 Å². The lowest BCUT2D eigenvalue weighted by atomic mass is 9.89. The van der Waals surface area contributed by atoms with E-state index in [4.69, 9.17) is 21.1 Å². The number of hydrogen-bond donors (Lipinski definition) is 2. The third-order valence-corrected chi connectivity index (χ3v) is 6.36. The van der Waals surface area contributed by atoms with E-state index in [1.807, 2.05) is 13.8 Å². The molecule has 10 heteroatoms. The van der Waals surface area contributed by atoms with Crippen molar-refractivity contribution in [3.05, 3.63) is 51.4 Å². The molecule has 2 heterocycles. The number of nitrogens with zero attached hydrogens (tertiary/aromatic N) is 2. The third kappa shape index (κ3) is 6.02. The van der Waals surface area contributed by atoms with Crippen LogP contribution in [0.25, 0.3) is 0 Å². The number of benzene rings is 1. The Morgan fingerprint density at radius 3 is 2.69 bits per heavy atom. The van der Waals surface area contributed by atoms with Gasteiger partial charge in [-0.2, -0.15) is 0 Å². The first-order valence-corrected chi connectivity index (χ1v) is 11.8. The summed E-state index contributed by atoms with van der Waals surface area (Å²) in [4.78, 5) is 32.5. The first-order chi connectivity index (χ1) is 16.6. The molecule has 0 aliphatic carbocycles. The summed E-state index contributed by atoms with van der Waals surface area (Å²) in [5.74, 6) is -1.08. The largest absolute Gasteiger partial charge is 0.491 e. The van der Waals surface area contributed by atoms with E-state index in [1.165, 1.54) is 26.4 Å². The van der Waals surface area contributed by atoms with Crippen molar-refractivity contribution in [3.8, 4) is 11.6 Å². The van der Waals surface area contributed by atoms with E-state index >= 15 is 0 Å². The van der Waals surface area contributed by atoms with Crippen molar-refractivity contribution in [2.45, 2.75) is 39.7 Å². The Morgan fingerprint density at radius 1 is 1.31 bits per heavy atom. The lowest BCUT2D eigenvalue weighted by Gasteiger charge is -2.31. The Labute approximate surface area is 209 Å². The average Bonchev–Trinajstić information content (AvgIpc) is 2.84. The number of nitrogens with one attached hydrogen (secondary N) is 1. The smallest absolute Gasteiger partial charge is 0.270 e. The summed E-state index contributed by atoms with van der Waals surface area (Å²) in [6.45, 7) is 4.93. The Kier molecular flexibility index (Phi) is 8.56. The van der Waals surface area contributed by atoms with Crippen LogP contribution in [0.4, 0.5) is 4.39 Å². The van der Waals surface area contributed by atoms with E-state index in [0.29, 0.717) is 37.1 Å². The number of hydrogen-bond acceptors (Lipinski definition) is 6. The van der Waals surface area contributed by atoms with Crippen molar-refractivity contribution < 1.29 is 28.6 Å². The maximum absolute atomic E-state index is 13.5. The first-order valence-electron chi connectivity index (χ1n) is 11.4. The van der Waals surface area contributed by atoms with Crippen LogP contribution in [0.15, 0.2) is 18.2 Å². The predicted molar refractivity (Wildman–Crippen MR) is 130 cm³/mol. The average molecular weight is 508 g/mol. The molecule has 2 aromatic rings. The molecule has 0 spiro atoms. The van der Waals surface area contributed by atoms with E-state index in [9.17, 15) is 19.1 Å². The minimum atomic E-state index is -0.529. The van der Waals surface area contributed by atoms with Crippen molar-refractivity contribution in [3.63, 3.8) is 0 Å². The number of pyridine rings is 1. The zero-order valence-corrected chi connectivity index (χ0v) is 21.2. The van der Waals surface area contributed by atoms with Crippen molar-refractivity contribution in [1.29, 1.82) is 0 Å². The molecule has 0 unspecified atom stereocenters. The van der Waals surface area contributed by atoms with Crippen LogP contribution in [0.5, 0.6) is 11.6 Å². The number of fused-ring (bicyclic) bond motifs is 1. The van der Waals surface area contributed by atoms with Crippen molar-refractivity contribution >= 4 is 23.4 Å². The van der Waals surface area contributed by atoms with Gasteiger partial charge in [0.2, 0.25) is 0 Å². The molecule has 0 atom stereocenters. The van der Waals surface area contributed by atoms with E-state index in [2.05, 4.69) is 10.3 Å². The van der Waals surface area contributed by atoms with Gasteiger partial charge in [0, 0.05) is 31.8 Å². The number of carbonyl (C=O) groups is 2. The zero-order chi connectivity index (χ0) is 25.8. The fourth-order valence-electron chi connectivity index (χ4n) is 4.01. The second-order valence-corrected chi connectivity index (χ2v) is 9.67. The first kappa shape index (κ1) is 26.7. The number of aliphatic hydroxyl groups is 1. The van der Waals surface area contributed by atoms with Crippen molar-refractivity contribution in [1.82, 2.24) is 15.2 Å². The molecule has 1 aliphatic rings. The fraction of sp³-hybridized carbons (Fsp3) is 0.480. The summed E-state index contributed by atoms with van der Waals surface area (Å²) < 4.78 is 24.3. The highest BCUT2D eigenvalue weighted by Gasteiger charge is 2.35. The normalized spacial score (nSPS) is 13.5. The Morgan fingerprint density at radius 2 is 2.06 bits per heavy atom. The Hall–Kier alpha value is -2.91. The summed E-state index contributed by atoms with van der Waals surface area (Å²) in [7, 11) is 2.80. The zero-order valence-electron chi connectivity index (χ0n) is 20.4. The minimum Gasteiger partial charge on any atom is -0.491 e. The van der Waals surface area contributed by atoms with Crippen LogP contribution >= 0.6 is 11.6 Å². The molecule has 0 saturated carbocycles. The molecule has 35 heavy (non-hydrogen) atoms. The molecule has 1 aliphatic heterocycles. The number of aliphatic hydroxyl groups excluding tert-OH is 1. The third-order valence-electron chi connectivity index (χ3n) is 6.07. The van der Waals surface area contributed by atoms with Gasteiger partial charge in [-0.1, -0.05) is 31.5 Å². The Balaban J connectivity index is 1.87. The van der Waals surface area contributed by atoms with Gasteiger partial charge in [-0.15, -0.1) is 0 Å². The van der Waals surface area contributed by atoms with Gasteiger partial charge in [0.1, 0.15) is 11.5 Å². The molecule has 2 N–H and O–H groups in total. The lowest BCUT2D eigenvalue weighted by Crippen LogP contribution is -2.39. The number of ether oxygens (including phenoxy) is 2. The van der Waals surface area contributed by atoms with Crippen LogP contribution < -0.4 is 14.8 Å². The molecule has 3 rings (SSSR count). The molecule has 8 nitrogen and oxygen atoms in total. The predicted octanol–water partition coefficient (Wildman–Crippen LogP) is 3.62. The van der Waals surface area contributed by atoms with Crippen LogP contribution in [0.2, 0.25) is 5.02 Å². The molecule has 0 saturated heterocycles. The topological polar surface area (TPSA) is 101 Å². The van der Waals surface area contributed by atoms with Crippen molar-refractivity contribution in [2.75, 3.05) is 33.9 Å². The maximum Gasteiger partial charge on any atom is 0.270 e. The molecule has 2 amide bonds. The van der Waals surface area contributed by atoms with Gasteiger partial charge in [-0.05, 0) is 42.4 Å².